The Bertz CT molecular complexity index is 280. The zero-order valence-electron chi connectivity index (χ0n) is 10.9. The maximum atomic E-state index is 9.33. The minimum Gasteiger partial charge on any atom is -0.389 e. The first-order valence-electron chi connectivity index (χ1n) is 5.94. The molecule has 0 saturated heterocycles. The smallest absolute Gasteiger partial charge is 0.0721 e. The molecule has 0 unspecified atom stereocenters. The van der Waals surface area contributed by atoms with E-state index < -0.39 is 0 Å². The first-order valence-corrected chi connectivity index (χ1v) is 5.94. The van der Waals surface area contributed by atoms with Gasteiger partial charge >= 0.3 is 0 Å². The van der Waals surface area contributed by atoms with Crippen LogP contribution in [0.2, 0.25) is 0 Å². The largest absolute Gasteiger partial charge is 0.389 e. The van der Waals surface area contributed by atoms with Gasteiger partial charge in [-0.05, 0) is 19.3 Å². The van der Waals surface area contributed by atoms with Crippen LogP contribution in [0.3, 0.4) is 0 Å². The molecular weight excluding hydrogens is 196 g/mol. The Labute approximate surface area is 99.9 Å². The van der Waals surface area contributed by atoms with Gasteiger partial charge in [-0.1, -0.05) is 68.9 Å². The molecule has 0 rings (SSSR count). The Morgan fingerprint density at radius 1 is 1.12 bits per heavy atom. The second kappa shape index (κ2) is 9.17. The van der Waals surface area contributed by atoms with Crippen LogP contribution in [0.4, 0.5) is 0 Å². The average Bonchev–Trinajstić information content (AvgIpc) is 2.24. The number of rotatable bonds is 6. The molecule has 0 aromatic heterocycles. The quantitative estimate of drug-likeness (QED) is 0.670. The third-order valence-electron chi connectivity index (χ3n) is 2.08. The van der Waals surface area contributed by atoms with E-state index in [2.05, 4.69) is 26.0 Å². The maximum absolute atomic E-state index is 9.33. The van der Waals surface area contributed by atoms with Gasteiger partial charge in [-0.15, -0.1) is 0 Å². The first kappa shape index (κ1) is 14.9. The molecule has 0 saturated carbocycles. The highest BCUT2D eigenvalue weighted by Gasteiger charge is 1.91. The van der Waals surface area contributed by atoms with E-state index in [0.29, 0.717) is 5.92 Å². The van der Waals surface area contributed by atoms with Crippen molar-refractivity contribution in [2.75, 3.05) is 0 Å². The molecule has 16 heavy (non-hydrogen) atoms. The lowest BCUT2D eigenvalue weighted by Crippen LogP contribution is -1.97. The standard InChI is InChI=1S/C15H24O/c1-5-15(16)12-11-14(4)10-8-6-7-9-13(2)3/h6-13,15-16H,5H2,1-4H3/b8-6+,9-7+,12-11+,14-10+/t15-/m0/s1. The lowest BCUT2D eigenvalue weighted by atomic mass is 10.2. The fourth-order valence-corrected chi connectivity index (χ4v) is 1.01. The van der Waals surface area contributed by atoms with Crippen molar-refractivity contribution in [2.24, 2.45) is 5.92 Å². The van der Waals surface area contributed by atoms with Crippen LogP contribution in [0.5, 0.6) is 0 Å². The van der Waals surface area contributed by atoms with Gasteiger partial charge in [-0.25, -0.2) is 0 Å². The van der Waals surface area contributed by atoms with Crippen LogP contribution in [0, 0.1) is 5.92 Å². The minimum absolute atomic E-state index is 0.326. The van der Waals surface area contributed by atoms with Crippen LogP contribution < -0.4 is 0 Å². The first-order chi connectivity index (χ1) is 7.56. The van der Waals surface area contributed by atoms with Gasteiger partial charge in [-0.2, -0.15) is 0 Å². The van der Waals surface area contributed by atoms with Crippen molar-refractivity contribution in [3.05, 3.63) is 48.1 Å². The van der Waals surface area contributed by atoms with Gasteiger partial charge in [0.1, 0.15) is 0 Å². The predicted molar refractivity (Wildman–Crippen MR) is 72.3 cm³/mol. The van der Waals surface area contributed by atoms with E-state index in [-0.39, 0.29) is 6.10 Å². The van der Waals surface area contributed by atoms with Gasteiger partial charge in [0.2, 0.25) is 0 Å². The second-order valence-corrected chi connectivity index (χ2v) is 4.26. The summed E-state index contributed by atoms with van der Waals surface area (Å²) in [6, 6.07) is 0. The van der Waals surface area contributed by atoms with E-state index >= 15 is 0 Å². The van der Waals surface area contributed by atoms with Crippen LogP contribution in [0.1, 0.15) is 34.1 Å². The third kappa shape index (κ3) is 9.47. The summed E-state index contributed by atoms with van der Waals surface area (Å²) in [4.78, 5) is 0. The molecule has 0 bridgehead atoms. The van der Waals surface area contributed by atoms with Crippen LogP contribution in [0.15, 0.2) is 48.1 Å². The molecular formula is C15H24O. The summed E-state index contributed by atoms with van der Waals surface area (Å²) in [7, 11) is 0. The van der Waals surface area contributed by atoms with Crippen LogP contribution >= 0.6 is 0 Å². The molecule has 1 N–H and O–H groups in total. The highest BCUT2D eigenvalue weighted by molar-refractivity contribution is 5.23. The highest BCUT2D eigenvalue weighted by atomic mass is 16.3. The molecule has 1 nitrogen and oxygen atoms in total. The molecule has 0 aliphatic carbocycles. The molecule has 0 fully saturated rings. The van der Waals surface area contributed by atoms with E-state index in [4.69, 9.17) is 0 Å². The zero-order valence-corrected chi connectivity index (χ0v) is 10.9. The Hall–Kier alpha value is -1.08. The van der Waals surface area contributed by atoms with E-state index in [1.54, 1.807) is 0 Å². The SMILES string of the molecule is CC[C@H](O)/C=C/C(C)=C/C=C/C=C/C(C)C. The molecule has 0 aliphatic heterocycles. The van der Waals surface area contributed by atoms with E-state index in [0.717, 1.165) is 12.0 Å². The second-order valence-electron chi connectivity index (χ2n) is 4.26. The Morgan fingerprint density at radius 3 is 2.38 bits per heavy atom. The van der Waals surface area contributed by atoms with Gasteiger partial charge in [0.25, 0.3) is 0 Å². The summed E-state index contributed by atoms with van der Waals surface area (Å²) in [5.41, 5.74) is 1.14. The maximum Gasteiger partial charge on any atom is 0.0721 e. The normalized spacial score (nSPS) is 16.0. The van der Waals surface area contributed by atoms with E-state index in [1.807, 2.05) is 44.2 Å². The summed E-state index contributed by atoms with van der Waals surface area (Å²) < 4.78 is 0. The molecule has 0 aromatic rings. The lowest BCUT2D eigenvalue weighted by molar-refractivity contribution is 0.219. The molecule has 1 heteroatoms. The molecule has 0 spiro atoms. The molecule has 0 radical (unpaired) electrons. The van der Waals surface area contributed by atoms with Gasteiger partial charge in [-0.3, -0.25) is 0 Å². The third-order valence-corrected chi connectivity index (χ3v) is 2.08. The molecule has 0 amide bonds. The number of hydrogen-bond donors (Lipinski definition) is 1. The van der Waals surface area contributed by atoms with Crippen LogP contribution in [-0.4, -0.2) is 11.2 Å². The summed E-state index contributed by atoms with van der Waals surface area (Å²) in [5, 5.41) is 9.33. The summed E-state index contributed by atoms with van der Waals surface area (Å²) >= 11 is 0. The number of allylic oxidation sites excluding steroid dienone is 7. The van der Waals surface area contributed by atoms with Crippen molar-refractivity contribution in [3.63, 3.8) is 0 Å². The zero-order chi connectivity index (χ0) is 12.4. The van der Waals surface area contributed by atoms with Crippen molar-refractivity contribution in [1.82, 2.24) is 0 Å². The van der Waals surface area contributed by atoms with E-state index in [1.165, 1.54) is 0 Å². The summed E-state index contributed by atoms with van der Waals surface area (Å²) in [6.07, 6.45) is 14.5. The minimum atomic E-state index is -0.326. The fourth-order valence-electron chi connectivity index (χ4n) is 1.01. The molecule has 0 aromatic carbocycles. The molecule has 1 atom stereocenters. The van der Waals surface area contributed by atoms with Gasteiger partial charge < -0.3 is 5.11 Å². The van der Waals surface area contributed by atoms with E-state index in [9.17, 15) is 5.11 Å². The molecule has 0 aliphatic rings. The van der Waals surface area contributed by atoms with Gasteiger partial charge in [0.05, 0.1) is 6.10 Å². The Balaban J connectivity index is 4.09. The number of aliphatic hydroxyl groups excluding tert-OH is 1. The fraction of sp³-hybridized carbons (Fsp3) is 0.467. The average molecular weight is 220 g/mol. The van der Waals surface area contributed by atoms with Crippen molar-refractivity contribution < 1.29 is 5.11 Å². The van der Waals surface area contributed by atoms with Crippen molar-refractivity contribution >= 4 is 0 Å². The lowest BCUT2D eigenvalue weighted by Gasteiger charge is -1.98. The monoisotopic (exact) mass is 220 g/mol. The van der Waals surface area contributed by atoms with Gasteiger partial charge in [0.15, 0.2) is 0 Å². The van der Waals surface area contributed by atoms with Crippen LogP contribution in [-0.2, 0) is 0 Å². The number of hydrogen-bond acceptors (Lipinski definition) is 1. The Kier molecular flexibility index (Phi) is 8.55. The van der Waals surface area contributed by atoms with Crippen LogP contribution in [0.25, 0.3) is 0 Å². The van der Waals surface area contributed by atoms with Crippen molar-refractivity contribution in [3.8, 4) is 0 Å². The summed E-state index contributed by atoms with van der Waals surface area (Å²) in [6.45, 7) is 8.29. The molecule has 0 heterocycles. The Morgan fingerprint density at radius 2 is 1.81 bits per heavy atom. The van der Waals surface area contributed by atoms with Crippen molar-refractivity contribution in [2.45, 2.75) is 40.2 Å². The molecule has 90 valence electrons. The topological polar surface area (TPSA) is 20.2 Å². The summed E-state index contributed by atoms with van der Waals surface area (Å²) in [5.74, 6) is 0.592. The predicted octanol–water partition coefficient (Wildman–Crippen LogP) is 4.03. The van der Waals surface area contributed by atoms with Crippen molar-refractivity contribution in [1.29, 1.82) is 0 Å². The number of aliphatic hydroxyl groups is 1. The highest BCUT2D eigenvalue weighted by Crippen LogP contribution is 2.00. The van der Waals surface area contributed by atoms with Gasteiger partial charge in [0, 0.05) is 0 Å².